The van der Waals surface area contributed by atoms with Crippen molar-refractivity contribution in [3.63, 3.8) is 0 Å². The minimum atomic E-state index is -2.88. The van der Waals surface area contributed by atoms with Gasteiger partial charge < -0.3 is 20.1 Å². The van der Waals surface area contributed by atoms with Gasteiger partial charge in [0.25, 0.3) is 0 Å². The summed E-state index contributed by atoms with van der Waals surface area (Å²) >= 11 is 0. The van der Waals surface area contributed by atoms with E-state index in [2.05, 4.69) is 34.2 Å². The highest BCUT2D eigenvalue weighted by Crippen LogP contribution is 2.29. The van der Waals surface area contributed by atoms with Crippen LogP contribution in [0.1, 0.15) is 32.3 Å². The van der Waals surface area contributed by atoms with Crippen molar-refractivity contribution in [2.45, 2.75) is 39.7 Å². The summed E-state index contributed by atoms with van der Waals surface area (Å²) in [6.45, 7) is 2.98. The van der Waals surface area contributed by atoms with E-state index in [-0.39, 0.29) is 5.75 Å². The van der Waals surface area contributed by atoms with Gasteiger partial charge in [0, 0.05) is 20.1 Å². The summed E-state index contributed by atoms with van der Waals surface area (Å²) in [5.74, 6) is 1.70. The molecule has 0 aliphatic carbocycles. The van der Waals surface area contributed by atoms with Crippen molar-refractivity contribution in [2.75, 3.05) is 27.2 Å². The van der Waals surface area contributed by atoms with Crippen LogP contribution in [0.25, 0.3) is 0 Å². The summed E-state index contributed by atoms with van der Waals surface area (Å²) in [5, 5.41) is 6.54. The molecule has 1 rings (SSSR count). The van der Waals surface area contributed by atoms with E-state index >= 15 is 0 Å². The topological polar surface area (TPSA) is 54.9 Å². The van der Waals surface area contributed by atoms with Crippen molar-refractivity contribution >= 4 is 5.96 Å². The van der Waals surface area contributed by atoms with Gasteiger partial charge in [-0.2, -0.15) is 8.78 Å². The predicted molar refractivity (Wildman–Crippen MR) is 96.8 cm³/mol. The average molecular weight is 357 g/mol. The standard InChI is InChI=1S/C18H29F2N3O2/c1-5-13(6-2)12-23-18(21-3)22-10-9-14-7-8-15(24-4)16(11-14)25-17(19)20/h7-8,11,13,17H,5-6,9-10,12H2,1-4H3,(H2,21,22,23). The van der Waals surface area contributed by atoms with E-state index in [1.165, 1.54) is 7.11 Å². The molecule has 25 heavy (non-hydrogen) atoms. The third-order valence-electron chi connectivity index (χ3n) is 4.09. The van der Waals surface area contributed by atoms with E-state index in [0.29, 0.717) is 24.6 Å². The zero-order chi connectivity index (χ0) is 18.7. The molecular formula is C18H29F2N3O2. The SMILES string of the molecule is CCC(CC)CNC(=NC)NCCc1ccc(OC)c(OC(F)F)c1. The molecule has 0 spiro atoms. The Labute approximate surface area is 148 Å². The fraction of sp³-hybridized carbons (Fsp3) is 0.611. The van der Waals surface area contributed by atoms with Crippen LogP contribution in [0, 0.1) is 5.92 Å². The van der Waals surface area contributed by atoms with Crippen LogP contribution in [-0.4, -0.2) is 39.8 Å². The summed E-state index contributed by atoms with van der Waals surface area (Å²) in [5.41, 5.74) is 0.874. The van der Waals surface area contributed by atoms with Gasteiger partial charge in [0.15, 0.2) is 17.5 Å². The number of benzene rings is 1. The molecule has 0 amide bonds. The van der Waals surface area contributed by atoms with E-state index in [1.54, 1.807) is 19.2 Å². The number of halogens is 2. The van der Waals surface area contributed by atoms with Crippen LogP contribution in [0.3, 0.4) is 0 Å². The number of hydrogen-bond donors (Lipinski definition) is 2. The van der Waals surface area contributed by atoms with E-state index in [9.17, 15) is 8.78 Å². The Hall–Kier alpha value is -2.05. The van der Waals surface area contributed by atoms with Crippen molar-refractivity contribution in [1.29, 1.82) is 0 Å². The summed E-state index contributed by atoms with van der Waals surface area (Å²) in [7, 11) is 3.15. The maximum atomic E-state index is 12.5. The second-order valence-corrected chi connectivity index (χ2v) is 5.68. The number of alkyl halides is 2. The van der Waals surface area contributed by atoms with Crippen molar-refractivity contribution < 1.29 is 18.3 Å². The van der Waals surface area contributed by atoms with Crippen molar-refractivity contribution in [2.24, 2.45) is 10.9 Å². The molecule has 0 heterocycles. The van der Waals surface area contributed by atoms with E-state index < -0.39 is 6.61 Å². The maximum absolute atomic E-state index is 12.5. The van der Waals surface area contributed by atoms with Crippen molar-refractivity contribution in [1.82, 2.24) is 10.6 Å². The molecule has 7 heteroatoms. The zero-order valence-electron chi connectivity index (χ0n) is 15.4. The first kappa shape index (κ1) is 21.0. The minimum absolute atomic E-state index is 0.0474. The molecule has 0 saturated carbocycles. The average Bonchev–Trinajstić information content (AvgIpc) is 2.60. The third kappa shape index (κ3) is 7.58. The molecule has 0 unspecified atom stereocenters. The Bertz CT molecular complexity index is 535. The molecule has 0 fully saturated rings. The van der Waals surface area contributed by atoms with E-state index in [4.69, 9.17) is 4.74 Å². The molecule has 1 aromatic rings. The minimum Gasteiger partial charge on any atom is -0.493 e. The monoisotopic (exact) mass is 357 g/mol. The normalized spacial score (nSPS) is 11.8. The largest absolute Gasteiger partial charge is 0.493 e. The van der Waals surface area contributed by atoms with Crippen LogP contribution in [0.5, 0.6) is 11.5 Å². The van der Waals surface area contributed by atoms with Gasteiger partial charge in [-0.1, -0.05) is 32.8 Å². The molecule has 2 N–H and O–H groups in total. The van der Waals surface area contributed by atoms with Crippen LogP contribution >= 0.6 is 0 Å². The first-order valence-electron chi connectivity index (χ1n) is 8.60. The third-order valence-corrected chi connectivity index (χ3v) is 4.09. The summed E-state index contributed by atoms with van der Waals surface area (Å²) in [4.78, 5) is 4.19. The molecule has 0 aliphatic rings. The highest BCUT2D eigenvalue weighted by atomic mass is 19.3. The molecule has 0 radical (unpaired) electrons. The molecule has 0 aliphatic heterocycles. The van der Waals surface area contributed by atoms with Gasteiger partial charge in [0.2, 0.25) is 0 Å². The smallest absolute Gasteiger partial charge is 0.387 e. The number of methoxy groups -OCH3 is 1. The highest BCUT2D eigenvalue weighted by molar-refractivity contribution is 5.79. The Morgan fingerprint density at radius 3 is 2.44 bits per heavy atom. The number of rotatable bonds is 10. The van der Waals surface area contributed by atoms with Gasteiger partial charge in [-0.25, -0.2) is 0 Å². The van der Waals surface area contributed by atoms with E-state index in [1.807, 2.05) is 6.07 Å². The van der Waals surface area contributed by atoms with Gasteiger partial charge in [-0.3, -0.25) is 4.99 Å². The van der Waals surface area contributed by atoms with Crippen LogP contribution in [0.4, 0.5) is 8.78 Å². The second kappa shape index (κ2) is 11.5. The Morgan fingerprint density at radius 2 is 1.88 bits per heavy atom. The first-order valence-corrected chi connectivity index (χ1v) is 8.60. The number of nitrogens with one attached hydrogen (secondary N) is 2. The number of ether oxygens (including phenoxy) is 2. The molecule has 0 bridgehead atoms. The lowest BCUT2D eigenvalue weighted by molar-refractivity contribution is -0.0512. The number of hydrogen-bond acceptors (Lipinski definition) is 3. The highest BCUT2D eigenvalue weighted by Gasteiger charge is 2.11. The fourth-order valence-electron chi connectivity index (χ4n) is 2.43. The molecule has 1 aromatic carbocycles. The van der Waals surface area contributed by atoms with Crippen LogP contribution in [-0.2, 0) is 6.42 Å². The first-order chi connectivity index (χ1) is 12.0. The summed E-state index contributed by atoms with van der Waals surface area (Å²) in [6.07, 6.45) is 2.90. The molecule has 0 aromatic heterocycles. The predicted octanol–water partition coefficient (Wildman–Crippen LogP) is 3.44. The van der Waals surface area contributed by atoms with Crippen molar-refractivity contribution in [3.8, 4) is 11.5 Å². The van der Waals surface area contributed by atoms with Gasteiger partial charge in [-0.15, -0.1) is 0 Å². The lowest BCUT2D eigenvalue weighted by atomic mass is 10.0. The van der Waals surface area contributed by atoms with E-state index in [0.717, 1.165) is 30.9 Å². The van der Waals surface area contributed by atoms with Gasteiger partial charge in [0.1, 0.15) is 0 Å². The Kier molecular flexibility index (Phi) is 9.65. The zero-order valence-corrected chi connectivity index (χ0v) is 15.4. The maximum Gasteiger partial charge on any atom is 0.387 e. The van der Waals surface area contributed by atoms with Crippen molar-refractivity contribution in [3.05, 3.63) is 23.8 Å². The van der Waals surface area contributed by atoms with Crippen LogP contribution in [0.2, 0.25) is 0 Å². The molecule has 0 saturated heterocycles. The van der Waals surface area contributed by atoms with Crippen LogP contribution < -0.4 is 20.1 Å². The van der Waals surface area contributed by atoms with Crippen LogP contribution in [0.15, 0.2) is 23.2 Å². The Morgan fingerprint density at radius 1 is 1.16 bits per heavy atom. The van der Waals surface area contributed by atoms with Gasteiger partial charge >= 0.3 is 6.61 Å². The summed E-state index contributed by atoms with van der Waals surface area (Å²) < 4.78 is 34.5. The summed E-state index contributed by atoms with van der Waals surface area (Å²) in [6, 6.07) is 5.04. The lowest BCUT2D eigenvalue weighted by Gasteiger charge is -2.17. The fourth-order valence-corrected chi connectivity index (χ4v) is 2.43. The molecule has 5 nitrogen and oxygen atoms in total. The second-order valence-electron chi connectivity index (χ2n) is 5.68. The number of nitrogens with zero attached hydrogens (tertiary/aromatic N) is 1. The molecule has 0 atom stereocenters. The molecule has 142 valence electrons. The Balaban J connectivity index is 2.54. The van der Waals surface area contributed by atoms with Gasteiger partial charge in [0.05, 0.1) is 7.11 Å². The number of aliphatic imine (C=N–C) groups is 1. The lowest BCUT2D eigenvalue weighted by Crippen LogP contribution is -2.40. The quantitative estimate of drug-likeness (QED) is 0.497. The van der Waals surface area contributed by atoms with Gasteiger partial charge in [-0.05, 0) is 30.0 Å². The number of guanidine groups is 1. The molecular weight excluding hydrogens is 328 g/mol.